The molecule has 2 heterocycles. The lowest BCUT2D eigenvalue weighted by molar-refractivity contribution is -0.132. The van der Waals surface area contributed by atoms with Crippen molar-refractivity contribution in [2.75, 3.05) is 32.7 Å². The van der Waals surface area contributed by atoms with Crippen molar-refractivity contribution < 1.29 is 14.4 Å². The molecule has 3 rings (SSSR count). The van der Waals surface area contributed by atoms with Gasteiger partial charge in [0.25, 0.3) is 0 Å². The summed E-state index contributed by atoms with van der Waals surface area (Å²) >= 11 is 0. The van der Waals surface area contributed by atoms with E-state index in [4.69, 9.17) is 0 Å². The smallest absolute Gasteiger partial charge is 0.246 e. The van der Waals surface area contributed by atoms with Crippen LogP contribution >= 0.6 is 0 Å². The fourth-order valence-electron chi connectivity index (χ4n) is 3.93. The van der Waals surface area contributed by atoms with Crippen LogP contribution in [-0.4, -0.2) is 60.2 Å². The van der Waals surface area contributed by atoms with E-state index in [9.17, 15) is 14.4 Å². The highest BCUT2D eigenvalue weighted by Gasteiger charge is 2.26. The van der Waals surface area contributed by atoms with E-state index in [1.54, 1.807) is 11.0 Å². The molecule has 2 aliphatic rings. The third kappa shape index (κ3) is 6.44. The van der Waals surface area contributed by atoms with E-state index in [2.05, 4.69) is 5.32 Å². The molecule has 2 aliphatic heterocycles. The number of benzene rings is 1. The molecule has 0 aromatic heterocycles. The molecule has 2 fully saturated rings. The molecule has 1 N–H and O–H groups in total. The number of carbonyl (C=O) groups is 3. The number of nitrogens with one attached hydrogen (secondary N) is 1. The third-order valence-electron chi connectivity index (χ3n) is 5.75. The first kappa shape index (κ1) is 21.1. The van der Waals surface area contributed by atoms with Crippen molar-refractivity contribution >= 4 is 23.8 Å². The first-order valence-corrected chi connectivity index (χ1v) is 10.7. The van der Waals surface area contributed by atoms with E-state index in [1.165, 1.54) is 0 Å². The van der Waals surface area contributed by atoms with Gasteiger partial charge in [-0.3, -0.25) is 14.4 Å². The Kier molecular flexibility index (Phi) is 7.85. The molecule has 3 amide bonds. The second-order valence-corrected chi connectivity index (χ2v) is 7.83. The van der Waals surface area contributed by atoms with Crippen molar-refractivity contribution in [3.05, 3.63) is 42.0 Å². The van der Waals surface area contributed by atoms with Gasteiger partial charge in [-0.15, -0.1) is 0 Å². The summed E-state index contributed by atoms with van der Waals surface area (Å²) in [6.45, 7) is 3.09. The normalized spacial score (nSPS) is 18.7. The highest BCUT2D eigenvalue weighted by Crippen LogP contribution is 2.18. The summed E-state index contributed by atoms with van der Waals surface area (Å²) in [4.78, 5) is 40.5. The van der Waals surface area contributed by atoms with Gasteiger partial charge < -0.3 is 15.1 Å². The number of rotatable bonds is 6. The molecular formula is C23H31N3O3. The molecule has 0 aliphatic carbocycles. The van der Waals surface area contributed by atoms with Gasteiger partial charge in [-0.2, -0.15) is 0 Å². The zero-order valence-electron chi connectivity index (χ0n) is 17.0. The number of piperidine rings is 1. The third-order valence-corrected chi connectivity index (χ3v) is 5.75. The predicted molar refractivity (Wildman–Crippen MR) is 113 cm³/mol. The molecule has 0 atom stereocenters. The van der Waals surface area contributed by atoms with Crippen LogP contribution in [0.25, 0.3) is 6.08 Å². The van der Waals surface area contributed by atoms with Gasteiger partial charge in [0.15, 0.2) is 0 Å². The minimum atomic E-state index is -0.0583. The van der Waals surface area contributed by atoms with Crippen LogP contribution in [0.2, 0.25) is 0 Å². The Hall–Kier alpha value is -2.63. The number of hydrogen-bond acceptors (Lipinski definition) is 3. The number of likely N-dealkylation sites (tertiary alicyclic amines) is 2. The second-order valence-electron chi connectivity index (χ2n) is 7.83. The Morgan fingerprint density at radius 1 is 1.03 bits per heavy atom. The van der Waals surface area contributed by atoms with Crippen LogP contribution in [0.1, 0.15) is 44.1 Å². The molecule has 29 heavy (non-hydrogen) atoms. The monoisotopic (exact) mass is 397 g/mol. The van der Waals surface area contributed by atoms with Crippen LogP contribution in [-0.2, 0) is 14.4 Å². The maximum Gasteiger partial charge on any atom is 0.246 e. The number of nitrogens with zero attached hydrogens (tertiary/aromatic N) is 2. The lowest BCUT2D eigenvalue weighted by atomic mass is 9.96. The minimum Gasteiger partial charge on any atom is -0.354 e. The SMILES string of the molecule is O=C(NCCN1CCCCCC1=O)C1CCN(C(=O)/C=C/c2ccccc2)CC1. The molecule has 0 bridgehead atoms. The zero-order chi connectivity index (χ0) is 20.5. The average molecular weight is 398 g/mol. The molecule has 2 saturated heterocycles. The summed E-state index contributed by atoms with van der Waals surface area (Å²) < 4.78 is 0. The number of hydrogen-bond donors (Lipinski definition) is 1. The van der Waals surface area contributed by atoms with Gasteiger partial charge >= 0.3 is 0 Å². The zero-order valence-corrected chi connectivity index (χ0v) is 17.0. The molecule has 0 spiro atoms. The van der Waals surface area contributed by atoms with Crippen molar-refractivity contribution in [3.63, 3.8) is 0 Å². The summed E-state index contributed by atoms with van der Waals surface area (Å²) in [5.41, 5.74) is 0.998. The van der Waals surface area contributed by atoms with Crippen LogP contribution in [0.5, 0.6) is 0 Å². The summed E-state index contributed by atoms with van der Waals surface area (Å²) in [6, 6.07) is 9.74. The maximum atomic E-state index is 12.4. The maximum absolute atomic E-state index is 12.4. The van der Waals surface area contributed by atoms with Gasteiger partial charge in [-0.25, -0.2) is 0 Å². The first-order valence-electron chi connectivity index (χ1n) is 10.7. The molecule has 0 unspecified atom stereocenters. The highest BCUT2D eigenvalue weighted by atomic mass is 16.2. The molecule has 156 valence electrons. The van der Waals surface area contributed by atoms with Gasteiger partial charge in [-0.1, -0.05) is 36.8 Å². The Labute approximate surface area is 172 Å². The van der Waals surface area contributed by atoms with E-state index in [0.717, 1.165) is 31.4 Å². The Bertz CT molecular complexity index is 724. The largest absolute Gasteiger partial charge is 0.354 e. The van der Waals surface area contributed by atoms with Crippen molar-refractivity contribution in [1.29, 1.82) is 0 Å². The molecule has 1 aromatic rings. The molecule has 1 aromatic carbocycles. The Balaban J connectivity index is 1.37. The van der Waals surface area contributed by atoms with E-state index < -0.39 is 0 Å². The van der Waals surface area contributed by atoms with Crippen molar-refractivity contribution in [1.82, 2.24) is 15.1 Å². The van der Waals surface area contributed by atoms with Crippen LogP contribution in [0, 0.1) is 5.92 Å². The number of carbonyl (C=O) groups excluding carboxylic acids is 3. The summed E-state index contributed by atoms with van der Waals surface area (Å²) in [5.74, 6) is 0.177. The lowest BCUT2D eigenvalue weighted by Gasteiger charge is -2.31. The van der Waals surface area contributed by atoms with Crippen LogP contribution in [0.3, 0.4) is 0 Å². The fourth-order valence-corrected chi connectivity index (χ4v) is 3.93. The van der Waals surface area contributed by atoms with Crippen molar-refractivity contribution in [2.24, 2.45) is 5.92 Å². The lowest BCUT2D eigenvalue weighted by Crippen LogP contribution is -2.44. The molecular weight excluding hydrogens is 366 g/mol. The summed E-state index contributed by atoms with van der Waals surface area (Å²) in [5, 5.41) is 2.98. The van der Waals surface area contributed by atoms with Gasteiger partial charge in [0.1, 0.15) is 0 Å². The van der Waals surface area contributed by atoms with Gasteiger partial charge in [-0.05, 0) is 37.3 Å². The topological polar surface area (TPSA) is 69.7 Å². The Morgan fingerprint density at radius 3 is 2.55 bits per heavy atom. The van der Waals surface area contributed by atoms with E-state index in [-0.39, 0.29) is 23.6 Å². The van der Waals surface area contributed by atoms with E-state index in [0.29, 0.717) is 45.4 Å². The average Bonchev–Trinajstić information content (AvgIpc) is 2.97. The molecule has 6 heteroatoms. The number of amides is 3. The van der Waals surface area contributed by atoms with Gasteiger partial charge in [0.05, 0.1) is 0 Å². The minimum absolute atomic E-state index is 0.00705. The van der Waals surface area contributed by atoms with Crippen molar-refractivity contribution in [2.45, 2.75) is 38.5 Å². The van der Waals surface area contributed by atoms with E-state index in [1.807, 2.05) is 41.3 Å². The summed E-state index contributed by atoms with van der Waals surface area (Å²) in [7, 11) is 0. The van der Waals surface area contributed by atoms with E-state index >= 15 is 0 Å². The van der Waals surface area contributed by atoms with Crippen molar-refractivity contribution in [3.8, 4) is 0 Å². The second kappa shape index (κ2) is 10.8. The molecule has 0 saturated carbocycles. The summed E-state index contributed by atoms with van der Waals surface area (Å²) in [6.07, 6.45) is 8.54. The first-order chi connectivity index (χ1) is 14.1. The van der Waals surface area contributed by atoms with Gasteiger partial charge in [0, 0.05) is 51.1 Å². The predicted octanol–water partition coefficient (Wildman–Crippen LogP) is 2.46. The van der Waals surface area contributed by atoms with Crippen LogP contribution < -0.4 is 5.32 Å². The quantitative estimate of drug-likeness (QED) is 0.750. The Morgan fingerprint density at radius 2 is 1.79 bits per heavy atom. The molecule has 0 radical (unpaired) electrons. The van der Waals surface area contributed by atoms with Gasteiger partial charge in [0.2, 0.25) is 17.7 Å². The van der Waals surface area contributed by atoms with Crippen LogP contribution in [0.4, 0.5) is 0 Å². The fraction of sp³-hybridized carbons (Fsp3) is 0.522. The van der Waals surface area contributed by atoms with Crippen LogP contribution in [0.15, 0.2) is 36.4 Å². The standard InChI is InChI=1S/C23H31N3O3/c27-21-9-5-2-6-15-25(21)18-14-24-23(29)20-12-16-26(17-13-20)22(28)11-10-19-7-3-1-4-8-19/h1,3-4,7-8,10-11,20H,2,5-6,9,12-18H2,(H,24,29)/b11-10+. The molecule has 6 nitrogen and oxygen atoms in total. The highest BCUT2D eigenvalue weighted by molar-refractivity contribution is 5.92.